The van der Waals surface area contributed by atoms with Crippen molar-refractivity contribution in [2.75, 3.05) is 26.4 Å². The van der Waals surface area contributed by atoms with Crippen molar-refractivity contribution >= 4 is 46.7 Å². The summed E-state index contributed by atoms with van der Waals surface area (Å²) in [5, 5.41) is 33.0. The first kappa shape index (κ1) is 32.8. The highest BCUT2D eigenvalue weighted by atomic mass is 16.5. The van der Waals surface area contributed by atoms with Crippen LogP contribution in [0.4, 0.5) is 0 Å². The molecule has 0 saturated carbocycles. The van der Waals surface area contributed by atoms with Gasteiger partial charge in [0.25, 0.3) is 0 Å². The number of nitrogens with one attached hydrogen (secondary N) is 4. The van der Waals surface area contributed by atoms with Crippen LogP contribution in [0.15, 0.2) is 92.8 Å². The Morgan fingerprint density at radius 3 is 0.830 bits per heavy atom. The van der Waals surface area contributed by atoms with E-state index in [1.807, 2.05) is 0 Å². The molecule has 0 saturated heterocycles. The number of hydrogen-bond acceptors (Lipinski definition) is 12. The van der Waals surface area contributed by atoms with Gasteiger partial charge in [-0.05, 0) is 72.8 Å². The molecule has 0 fully saturated rings. The molecule has 8 rings (SSSR count). The summed E-state index contributed by atoms with van der Waals surface area (Å²) in [5.74, 6) is 3.03. The standard InChI is InChI=1S/C37H32N12O4/c38-29-21-5-1-17(9-25(21)33(42)46-29)50-13-37(14-51-18-2-6-22-26(10-18)34(43)47-30(22)39,15-52-19-3-7-23-27(11-19)35(44)48-31(23)40)16-53-20-4-8-24-28(12-20)36(45)49-32(24)41/h1-12H,13-16H2,(H3,38,42,46)(H3,39,43,47)(H3,40,44,48)(H3,41,45,49). The van der Waals surface area contributed by atoms with Crippen molar-refractivity contribution in [3.63, 3.8) is 0 Å². The molecule has 0 radical (unpaired) electrons. The minimum atomic E-state index is -1.05. The Balaban J connectivity index is 1.12. The fourth-order valence-electron chi connectivity index (χ4n) is 6.29. The second-order valence-corrected chi connectivity index (χ2v) is 12.9. The molecule has 0 bridgehead atoms. The fraction of sp³-hybridized carbons (Fsp3) is 0.135. The summed E-state index contributed by atoms with van der Waals surface area (Å²) >= 11 is 0. The maximum atomic E-state index is 8.26. The minimum Gasteiger partial charge on any atom is -0.493 e. The van der Waals surface area contributed by atoms with Crippen LogP contribution in [-0.2, 0) is 0 Å². The Morgan fingerprint density at radius 2 is 0.604 bits per heavy atom. The SMILES string of the molecule is N=C1N=C(N)c2ccc(OCC(COc3ccc4c(c3)C(=N)N=C4N)(COc3ccc4c(c3)C(=N)N=C4N)COc3ccc4c(c3)C(=N)N=C4N)cc21. The molecule has 0 amide bonds. The number of amidine groups is 8. The van der Waals surface area contributed by atoms with Gasteiger partial charge in [-0.25, -0.2) is 20.0 Å². The van der Waals surface area contributed by atoms with Gasteiger partial charge in [0.15, 0.2) is 23.3 Å². The van der Waals surface area contributed by atoms with Gasteiger partial charge in [-0.2, -0.15) is 0 Å². The molecule has 264 valence electrons. The fourth-order valence-corrected chi connectivity index (χ4v) is 6.29. The van der Waals surface area contributed by atoms with Crippen LogP contribution in [0.3, 0.4) is 0 Å². The van der Waals surface area contributed by atoms with E-state index in [4.69, 9.17) is 63.5 Å². The first-order valence-electron chi connectivity index (χ1n) is 16.3. The van der Waals surface area contributed by atoms with Crippen molar-refractivity contribution in [2.45, 2.75) is 0 Å². The van der Waals surface area contributed by atoms with E-state index >= 15 is 0 Å². The lowest BCUT2D eigenvalue weighted by Gasteiger charge is -2.33. The Labute approximate surface area is 301 Å². The summed E-state index contributed by atoms with van der Waals surface area (Å²) in [7, 11) is 0. The minimum absolute atomic E-state index is 0.0000818. The lowest BCUT2D eigenvalue weighted by Crippen LogP contribution is -2.45. The van der Waals surface area contributed by atoms with Crippen molar-refractivity contribution < 1.29 is 18.9 Å². The van der Waals surface area contributed by atoms with Gasteiger partial charge in [0.05, 0.1) is 0 Å². The number of aliphatic imine (C=N–C) groups is 4. The quantitative estimate of drug-likeness (QED) is 0.108. The van der Waals surface area contributed by atoms with E-state index in [9.17, 15) is 0 Å². The van der Waals surface area contributed by atoms with Crippen molar-refractivity contribution in [3.8, 4) is 23.0 Å². The number of benzene rings is 4. The molecule has 4 aliphatic heterocycles. The largest absolute Gasteiger partial charge is 0.493 e. The van der Waals surface area contributed by atoms with E-state index in [1.165, 1.54) is 0 Å². The van der Waals surface area contributed by atoms with E-state index in [0.717, 1.165) is 0 Å². The summed E-state index contributed by atoms with van der Waals surface area (Å²) in [6, 6.07) is 20.8. The zero-order valence-corrected chi connectivity index (χ0v) is 28.0. The van der Waals surface area contributed by atoms with Gasteiger partial charge >= 0.3 is 0 Å². The topological polar surface area (TPSA) is 286 Å². The Hall–Kier alpha value is -7.36. The van der Waals surface area contributed by atoms with Crippen LogP contribution in [0.1, 0.15) is 44.5 Å². The van der Waals surface area contributed by atoms with E-state index in [0.29, 0.717) is 67.5 Å². The van der Waals surface area contributed by atoms with Crippen molar-refractivity contribution in [1.82, 2.24) is 0 Å². The number of ether oxygens (including phenoxy) is 4. The first-order chi connectivity index (χ1) is 25.5. The van der Waals surface area contributed by atoms with Crippen LogP contribution >= 0.6 is 0 Å². The molecule has 4 heterocycles. The van der Waals surface area contributed by atoms with Gasteiger partial charge in [0.1, 0.15) is 78.2 Å². The highest BCUT2D eigenvalue weighted by molar-refractivity contribution is 6.23. The number of nitrogens with zero attached hydrogens (tertiary/aromatic N) is 4. The highest BCUT2D eigenvalue weighted by Gasteiger charge is 2.37. The van der Waals surface area contributed by atoms with Crippen molar-refractivity contribution in [2.24, 2.45) is 48.3 Å². The summed E-state index contributed by atoms with van der Waals surface area (Å²) in [5.41, 5.74) is 27.7. The summed E-state index contributed by atoms with van der Waals surface area (Å²) < 4.78 is 25.7. The predicted octanol–water partition coefficient (Wildman–Crippen LogP) is 2.47. The third-order valence-electron chi connectivity index (χ3n) is 9.20. The summed E-state index contributed by atoms with van der Waals surface area (Å²) in [6.45, 7) is -0.000327. The summed E-state index contributed by atoms with van der Waals surface area (Å²) in [4.78, 5) is 16.3. The van der Waals surface area contributed by atoms with Crippen LogP contribution < -0.4 is 41.9 Å². The van der Waals surface area contributed by atoms with E-state index in [-0.39, 0.29) is 73.1 Å². The molecule has 0 aromatic heterocycles. The molecule has 0 unspecified atom stereocenters. The Kier molecular flexibility index (Phi) is 7.71. The van der Waals surface area contributed by atoms with Gasteiger partial charge < -0.3 is 41.9 Å². The molecular formula is C37H32N12O4. The van der Waals surface area contributed by atoms with Gasteiger partial charge in [-0.3, -0.25) is 21.6 Å². The number of hydrogen-bond donors (Lipinski definition) is 8. The van der Waals surface area contributed by atoms with Crippen LogP contribution in [0.5, 0.6) is 23.0 Å². The number of nitrogens with two attached hydrogens (primary N) is 4. The van der Waals surface area contributed by atoms with Crippen molar-refractivity contribution in [1.29, 1.82) is 21.6 Å². The molecular weight excluding hydrogens is 676 g/mol. The normalized spacial score (nSPS) is 16.2. The zero-order valence-electron chi connectivity index (χ0n) is 28.0. The molecule has 0 aliphatic carbocycles. The van der Waals surface area contributed by atoms with Crippen LogP contribution in [0, 0.1) is 27.1 Å². The van der Waals surface area contributed by atoms with E-state index in [2.05, 4.69) is 20.0 Å². The molecule has 16 nitrogen and oxygen atoms in total. The monoisotopic (exact) mass is 708 g/mol. The molecule has 4 aliphatic rings. The maximum Gasteiger partial charge on any atom is 0.155 e. The van der Waals surface area contributed by atoms with Gasteiger partial charge in [0, 0.05) is 44.5 Å². The Bertz CT molecular complexity index is 2110. The average molecular weight is 709 g/mol. The summed E-state index contributed by atoms with van der Waals surface area (Å²) in [6.07, 6.45) is 0. The van der Waals surface area contributed by atoms with E-state index in [1.54, 1.807) is 72.8 Å². The zero-order chi connectivity index (χ0) is 37.0. The number of fused-ring (bicyclic) bond motifs is 4. The molecule has 0 atom stereocenters. The smallest absolute Gasteiger partial charge is 0.155 e. The highest BCUT2D eigenvalue weighted by Crippen LogP contribution is 2.32. The molecule has 53 heavy (non-hydrogen) atoms. The van der Waals surface area contributed by atoms with Crippen molar-refractivity contribution in [3.05, 3.63) is 117 Å². The molecule has 16 heteroatoms. The van der Waals surface area contributed by atoms with Gasteiger partial charge in [-0.15, -0.1) is 0 Å². The first-order valence-corrected chi connectivity index (χ1v) is 16.3. The predicted molar refractivity (Wildman–Crippen MR) is 200 cm³/mol. The van der Waals surface area contributed by atoms with Crippen LogP contribution in [0.25, 0.3) is 0 Å². The molecule has 4 aromatic carbocycles. The van der Waals surface area contributed by atoms with Crippen LogP contribution in [0.2, 0.25) is 0 Å². The average Bonchev–Trinajstić information content (AvgIpc) is 3.81. The molecule has 0 spiro atoms. The maximum absolute atomic E-state index is 8.26. The molecule has 12 N–H and O–H groups in total. The van der Waals surface area contributed by atoms with E-state index < -0.39 is 5.41 Å². The number of rotatable bonds is 12. The lowest BCUT2D eigenvalue weighted by molar-refractivity contribution is -0.00352. The van der Waals surface area contributed by atoms with Gasteiger partial charge in [0.2, 0.25) is 0 Å². The molecule has 4 aromatic rings. The second kappa shape index (κ2) is 12.4. The van der Waals surface area contributed by atoms with Gasteiger partial charge in [-0.1, -0.05) is 0 Å². The lowest BCUT2D eigenvalue weighted by atomic mass is 9.91. The van der Waals surface area contributed by atoms with Crippen LogP contribution in [-0.4, -0.2) is 73.1 Å². The third-order valence-corrected chi connectivity index (χ3v) is 9.20. The third kappa shape index (κ3) is 5.97. The Morgan fingerprint density at radius 1 is 0.377 bits per heavy atom. The second-order valence-electron chi connectivity index (χ2n) is 12.9.